The predicted octanol–water partition coefficient (Wildman–Crippen LogP) is 3.13. The van der Waals surface area contributed by atoms with Gasteiger partial charge in [0.25, 0.3) is 5.56 Å². The fraction of sp³-hybridized carbons (Fsp3) is 0.385. The Labute approximate surface area is 198 Å². The molecule has 1 aromatic heterocycles. The average molecular weight is 465 g/mol. The molecule has 0 spiro atoms. The highest BCUT2D eigenvalue weighted by Crippen LogP contribution is 2.10. The van der Waals surface area contributed by atoms with Crippen LogP contribution < -0.4 is 21.9 Å². The number of nitrogens with zero attached hydrogens (tertiary/aromatic N) is 2. The van der Waals surface area contributed by atoms with Crippen LogP contribution in [0.1, 0.15) is 39.5 Å². The van der Waals surface area contributed by atoms with E-state index in [2.05, 4.69) is 24.5 Å². The molecule has 8 nitrogen and oxygen atoms in total. The van der Waals surface area contributed by atoms with Crippen molar-refractivity contribution in [1.29, 1.82) is 0 Å². The summed E-state index contributed by atoms with van der Waals surface area (Å²) in [5.74, 6) is 0.139. The third-order valence-corrected chi connectivity index (χ3v) is 5.57. The summed E-state index contributed by atoms with van der Waals surface area (Å²) in [4.78, 5) is 50.8. The molecule has 0 fully saturated rings. The number of unbranched alkanes of at least 4 members (excludes halogenated alkanes) is 1. The number of hydrogen-bond donors (Lipinski definition) is 2. The Hall–Kier alpha value is -3.68. The Balaban J connectivity index is 1.72. The Morgan fingerprint density at radius 2 is 1.59 bits per heavy atom. The van der Waals surface area contributed by atoms with E-state index in [0.717, 1.165) is 11.0 Å². The van der Waals surface area contributed by atoms with E-state index in [1.54, 1.807) is 36.4 Å². The first-order valence-electron chi connectivity index (χ1n) is 11.7. The molecule has 0 saturated heterocycles. The van der Waals surface area contributed by atoms with Gasteiger partial charge in [-0.05, 0) is 49.4 Å². The molecule has 3 rings (SSSR count). The van der Waals surface area contributed by atoms with Gasteiger partial charge < -0.3 is 10.6 Å². The predicted molar refractivity (Wildman–Crippen MR) is 134 cm³/mol. The maximum atomic E-state index is 13.2. The van der Waals surface area contributed by atoms with Crippen LogP contribution in [0.2, 0.25) is 0 Å². The molecule has 2 amide bonds. The number of nitrogens with one attached hydrogen (secondary N) is 2. The number of anilines is 1. The van der Waals surface area contributed by atoms with Gasteiger partial charge in [0.15, 0.2) is 0 Å². The first-order valence-corrected chi connectivity index (χ1v) is 11.7. The SMILES string of the molecule is CC(C)CCNC(=O)CCCCn1c(=O)c2ccccc2n(CC(=O)Nc2ccccc2)c1=O. The van der Waals surface area contributed by atoms with Crippen molar-refractivity contribution in [3.63, 3.8) is 0 Å². The van der Waals surface area contributed by atoms with Crippen LogP contribution in [0.25, 0.3) is 10.9 Å². The number of fused-ring (bicyclic) bond motifs is 1. The standard InChI is InChI=1S/C26H32N4O4/c1-19(2)15-16-27-23(31)14-8-9-17-29-25(33)21-12-6-7-13-22(21)30(26(29)34)18-24(32)28-20-10-4-3-5-11-20/h3-7,10-13,19H,8-9,14-18H2,1-2H3,(H,27,31)(H,28,32). The average Bonchev–Trinajstić information content (AvgIpc) is 2.81. The Bertz CT molecular complexity index is 1250. The molecule has 0 aliphatic rings. The molecule has 0 aliphatic carbocycles. The van der Waals surface area contributed by atoms with Crippen molar-refractivity contribution in [1.82, 2.24) is 14.5 Å². The molecule has 0 atom stereocenters. The monoisotopic (exact) mass is 464 g/mol. The summed E-state index contributed by atoms with van der Waals surface area (Å²) in [7, 11) is 0. The van der Waals surface area contributed by atoms with Gasteiger partial charge in [-0.15, -0.1) is 0 Å². The van der Waals surface area contributed by atoms with Gasteiger partial charge in [0.05, 0.1) is 10.9 Å². The summed E-state index contributed by atoms with van der Waals surface area (Å²) in [6.07, 6.45) is 2.33. The van der Waals surface area contributed by atoms with Gasteiger partial charge in [0.1, 0.15) is 6.54 Å². The van der Waals surface area contributed by atoms with Gasteiger partial charge in [0.2, 0.25) is 11.8 Å². The Morgan fingerprint density at radius 3 is 2.32 bits per heavy atom. The van der Waals surface area contributed by atoms with Gasteiger partial charge in [-0.2, -0.15) is 0 Å². The van der Waals surface area contributed by atoms with E-state index in [4.69, 9.17) is 0 Å². The van der Waals surface area contributed by atoms with E-state index in [0.29, 0.717) is 48.3 Å². The van der Waals surface area contributed by atoms with E-state index in [1.165, 1.54) is 4.57 Å². The zero-order valence-corrected chi connectivity index (χ0v) is 19.8. The third kappa shape index (κ3) is 6.66. The van der Waals surface area contributed by atoms with Crippen LogP contribution >= 0.6 is 0 Å². The molecular weight excluding hydrogens is 432 g/mol. The van der Waals surface area contributed by atoms with E-state index >= 15 is 0 Å². The summed E-state index contributed by atoms with van der Waals surface area (Å²) < 4.78 is 2.49. The van der Waals surface area contributed by atoms with Gasteiger partial charge >= 0.3 is 5.69 Å². The lowest BCUT2D eigenvalue weighted by atomic mass is 10.1. The summed E-state index contributed by atoms with van der Waals surface area (Å²) in [6, 6.07) is 15.8. The van der Waals surface area contributed by atoms with Crippen LogP contribution in [0.3, 0.4) is 0 Å². The van der Waals surface area contributed by atoms with Crippen molar-refractivity contribution in [2.75, 3.05) is 11.9 Å². The van der Waals surface area contributed by atoms with Gasteiger partial charge in [0, 0.05) is 25.2 Å². The second kappa shape index (κ2) is 12.0. The molecule has 0 unspecified atom stereocenters. The fourth-order valence-electron chi connectivity index (χ4n) is 3.73. The van der Waals surface area contributed by atoms with E-state index in [9.17, 15) is 19.2 Å². The van der Waals surface area contributed by atoms with E-state index in [-0.39, 0.29) is 30.5 Å². The van der Waals surface area contributed by atoms with E-state index < -0.39 is 5.69 Å². The number of rotatable bonds is 11. The third-order valence-electron chi connectivity index (χ3n) is 5.57. The van der Waals surface area contributed by atoms with Crippen molar-refractivity contribution in [3.8, 4) is 0 Å². The van der Waals surface area contributed by atoms with Crippen LogP contribution in [0.5, 0.6) is 0 Å². The summed E-state index contributed by atoms with van der Waals surface area (Å²) in [6.45, 7) is 4.82. The molecule has 2 N–H and O–H groups in total. The first kappa shape index (κ1) is 25.0. The smallest absolute Gasteiger partial charge is 0.331 e. The minimum absolute atomic E-state index is 0.0264. The minimum atomic E-state index is -0.534. The lowest BCUT2D eigenvalue weighted by Gasteiger charge is -2.14. The largest absolute Gasteiger partial charge is 0.356 e. The highest BCUT2D eigenvalue weighted by molar-refractivity contribution is 5.91. The zero-order valence-electron chi connectivity index (χ0n) is 19.8. The lowest BCUT2D eigenvalue weighted by molar-refractivity contribution is -0.121. The number of carbonyl (C=O) groups excluding carboxylic acids is 2. The minimum Gasteiger partial charge on any atom is -0.356 e. The number of carbonyl (C=O) groups is 2. The van der Waals surface area contributed by atoms with Crippen LogP contribution in [0.4, 0.5) is 5.69 Å². The van der Waals surface area contributed by atoms with Gasteiger partial charge in [-0.1, -0.05) is 44.2 Å². The van der Waals surface area contributed by atoms with Crippen LogP contribution in [-0.4, -0.2) is 27.5 Å². The van der Waals surface area contributed by atoms with Crippen molar-refractivity contribution >= 4 is 28.4 Å². The second-order valence-electron chi connectivity index (χ2n) is 8.75. The molecular formula is C26H32N4O4. The van der Waals surface area contributed by atoms with Crippen molar-refractivity contribution in [3.05, 3.63) is 75.4 Å². The molecule has 180 valence electrons. The zero-order chi connectivity index (χ0) is 24.5. The highest BCUT2D eigenvalue weighted by atomic mass is 16.2. The molecule has 1 heterocycles. The molecule has 8 heteroatoms. The van der Waals surface area contributed by atoms with E-state index in [1.807, 2.05) is 18.2 Å². The molecule has 3 aromatic rings. The summed E-state index contributed by atoms with van der Waals surface area (Å²) in [5.41, 5.74) is 0.126. The fourth-order valence-corrected chi connectivity index (χ4v) is 3.73. The van der Waals surface area contributed by atoms with Gasteiger partial charge in [-0.25, -0.2) is 4.79 Å². The molecule has 0 bridgehead atoms. The van der Waals surface area contributed by atoms with Crippen molar-refractivity contribution in [2.24, 2.45) is 5.92 Å². The molecule has 2 aromatic carbocycles. The van der Waals surface area contributed by atoms with Crippen LogP contribution in [0, 0.1) is 5.92 Å². The Morgan fingerprint density at radius 1 is 0.882 bits per heavy atom. The Kier molecular flexibility index (Phi) is 8.79. The number of amides is 2. The lowest BCUT2D eigenvalue weighted by Crippen LogP contribution is -2.41. The van der Waals surface area contributed by atoms with Crippen molar-refractivity contribution in [2.45, 2.75) is 52.6 Å². The first-order chi connectivity index (χ1) is 16.4. The highest BCUT2D eigenvalue weighted by Gasteiger charge is 2.15. The maximum absolute atomic E-state index is 13.2. The molecule has 0 saturated carbocycles. The molecule has 0 radical (unpaired) electrons. The number of benzene rings is 2. The normalized spacial score (nSPS) is 11.0. The van der Waals surface area contributed by atoms with Crippen LogP contribution in [0.15, 0.2) is 64.2 Å². The van der Waals surface area contributed by atoms with Crippen LogP contribution in [-0.2, 0) is 22.7 Å². The molecule has 0 aliphatic heterocycles. The molecule has 34 heavy (non-hydrogen) atoms. The number of para-hydroxylation sites is 2. The van der Waals surface area contributed by atoms with Crippen molar-refractivity contribution < 1.29 is 9.59 Å². The number of aromatic nitrogens is 2. The maximum Gasteiger partial charge on any atom is 0.331 e. The summed E-state index contributed by atoms with van der Waals surface area (Å²) >= 11 is 0. The second-order valence-corrected chi connectivity index (χ2v) is 8.75. The topological polar surface area (TPSA) is 102 Å². The number of hydrogen-bond acceptors (Lipinski definition) is 4. The van der Waals surface area contributed by atoms with Gasteiger partial charge in [-0.3, -0.25) is 23.5 Å². The quantitative estimate of drug-likeness (QED) is 0.426. The summed E-state index contributed by atoms with van der Waals surface area (Å²) in [5, 5.41) is 6.04.